The second-order valence-corrected chi connectivity index (χ2v) is 7.57. The van der Waals surface area contributed by atoms with Crippen molar-refractivity contribution in [2.45, 2.75) is 31.8 Å². The van der Waals surface area contributed by atoms with Crippen LogP contribution in [0.1, 0.15) is 41.7 Å². The van der Waals surface area contributed by atoms with Crippen LogP contribution in [0, 0.1) is 11.0 Å². The lowest BCUT2D eigenvalue weighted by molar-refractivity contribution is -0.580. The van der Waals surface area contributed by atoms with E-state index in [0.29, 0.717) is 10.3 Å². The third-order valence-electron chi connectivity index (χ3n) is 5.61. The molecule has 1 aliphatic rings. The highest BCUT2D eigenvalue weighted by Crippen LogP contribution is 2.29. The Morgan fingerprint density at radius 2 is 1.83 bits per heavy atom. The molecule has 0 amide bonds. The van der Waals surface area contributed by atoms with Gasteiger partial charge in [0, 0.05) is 11.6 Å². The van der Waals surface area contributed by atoms with E-state index in [1.165, 1.54) is 12.1 Å². The van der Waals surface area contributed by atoms with Crippen LogP contribution >= 0.6 is 0 Å². The molecule has 0 unspecified atom stereocenters. The normalized spacial score (nSPS) is 14.4. The highest BCUT2D eigenvalue weighted by Gasteiger charge is 2.32. The smallest absolute Gasteiger partial charge is 0.328 e. The highest BCUT2D eigenvalue weighted by molar-refractivity contribution is 6.16. The molecule has 0 spiro atoms. The highest BCUT2D eigenvalue weighted by atomic mass is 19.1. The molecule has 5 rings (SSSR count). The Labute approximate surface area is 172 Å². The van der Waals surface area contributed by atoms with Crippen LogP contribution in [0.3, 0.4) is 0 Å². The van der Waals surface area contributed by atoms with Gasteiger partial charge in [-0.3, -0.25) is 4.79 Å². The van der Waals surface area contributed by atoms with Crippen LogP contribution in [-0.4, -0.2) is 16.9 Å². The maximum Gasteiger partial charge on any atom is 0.328 e. The second kappa shape index (κ2) is 7.37. The van der Waals surface area contributed by atoms with Crippen LogP contribution in [-0.2, 0) is 0 Å². The van der Waals surface area contributed by atoms with Gasteiger partial charge in [-0.25, -0.2) is 9.37 Å². The number of ketones is 1. The minimum atomic E-state index is -0.568. The first kappa shape index (κ1) is 18.5. The standard InChI is InChI=1S/C24H19FN2O3/c25-16-12-13-20-21(14-16)27(29)22(24(26-20)30-17-8-2-3-9-17)23(28)19-11-5-7-15-6-1-4-10-18(15)19/h1,4-7,10-14,17H,2-3,8-9H2. The van der Waals surface area contributed by atoms with Crippen LogP contribution < -0.4 is 9.47 Å². The second-order valence-electron chi connectivity index (χ2n) is 7.57. The molecular weight excluding hydrogens is 383 g/mol. The summed E-state index contributed by atoms with van der Waals surface area (Å²) in [5.41, 5.74) is 0.453. The molecule has 6 heteroatoms. The van der Waals surface area contributed by atoms with Crippen LogP contribution in [0.15, 0.2) is 60.7 Å². The molecule has 4 aromatic rings. The predicted octanol–water partition coefficient (Wildman–Crippen LogP) is 4.71. The molecule has 1 fully saturated rings. The Bertz CT molecular complexity index is 1280. The Morgan fingerprint density at radius 1 is 1.07 bits per heavy atom. The summed E-state index contributed by atoms with van der Waals surface area (Å²) in [6, 6.07) is 16.6. The summed E-state index contributed by atoms with van der Waals surface area (Å²) >= 11 is 0. The lowest BCUT2D eigenvalue weighted by Gasteiger charge is -2.16. The number of fused-ring (bicyclic) bond motifs is 2. The van der Waals surface area contributed by atoms with Gasteiger partial charge in [0.05, 0.1) is 0 Å². The zero-order valence-electron chi connectivity index (χ0n) is 16.2. The van der Waals surface area contributed by atoms with E-state index in [-0.39, 0.29) is 28.7 Å². The summed E-state index contributed by atoms with van der Waals surface area (Å²) < 4.78 is 20.3. The zero-order valence-corrected chi connectivity index (χ0v) is 16.2. The topological polar surface area (TPSA) is 66.1 Å². The maximum absolute atomic E-state index is 13.8. The number of carbonyl (C=O) groups excluding carboxylic acids is 1. The van der Waals surface area contributed by atoms with Gasteiger partial charge in [-0.1, -0.05) is 42.5 Å². The Kier molecular flexibility index (Phi) is 4.54. The molecule has 0 N–H and O–H groups in total. The SMILES string of the molecule is O=C(c1cccc2ccccc12)c1c(OC2CCCC2)nc2ccc(F)cc2[n+]1[O-]. The van der Waals surface area contributed by atoms with Crippen molar-refractivity contribution < 1.29 is 18.7 Å². The quantitative estimate of drug-likeness (QED) is 0.282. The molecule has 1 saturated carbocycles. The molecule has 1 aromatic heterocycles. The fraction of sp³-hybridized carbons (Fsp3) is 0.208. The van der Waals surface area contributed by atoms with Crippen molar-refractivity contribution in [1.82, 2.24) is 4.98 Å². The van der Waals surface area contributed by atoms with Crippen molar-refractivity contribution in [3.05, 3.63) is 82.9 Å². The van der Waals surface area contributed by atoms with E-state index in [4.69, 9.17) is 4.74 Å². The molecule has 0 bridgehead atoms. The first-order valence-corrected chi connectivity index (χ1v) is 10.0. The average molecular weight is 402 g/mol. The minimum Gasteiger partial charge on any atom is -0.618 e. The van der Waals surface area contributed by atoms with Gasteiger partial charge in [-0.2, -0.15) is 4.73 Å². The number of nitrogens with zero attached hydrogens (tertiary/aromatic N) is 2. The molecule has 3 aromatic carbocycles. The molecule has 0 aliphatic heterocycles. The summed E-state index contributed by atoms with van der Waals surface area (Å²) in [4.78, 5) is 18.0. The Hall–Kier alpha value is -3.54. The molecule has 1 aliphatic carbocycles. The number of halogens is 1. The third-order valence-corrected chi connectivity index (χ3v) is 5.61. The van der Waals surface area contributed by atoms with Crippen molar-refractivity contribution in [2.75, 3.05) is 0 Å². The van der Waals surface area contributed by atoms with E-state index in [2.05, 4.69) is 4.98 Å². The third kappa shape index (κ3) is 3.14. The van der Waals surface area contributed by atoms with Crippen molar-refractivity contribution in [1.29, 1.82) is 0 Å². The first-order valence-electron chi connectivity index (χ1n) is 10.0. The van der Waals surface area contributed by atoms with Gasteiger partial charge >= 0.3 is 5.69 Å². The van der Waals surface area contributed by atoms with Gasteiger partial charge in [-0.05, 0) is 48.6 Å². The van der Waals surface area contributed by atoms with E-state index in [1.54, 1.807) is 12.1 Å². The van der Waals surface area contributed by atoms with Gasteiger partial charge < -0.3 is 9.94 Å². The van der Waals surface area contributed by atoms with Gasteiger partial charge in [0.15, 0.2) is 0 Å². The molecule has 1 heterocycles. The zero-order chi connectivity index (χ0) is 20.7. The summed E-state index contributed by atoms with van der Waals surface area (Å²) in [6.45, 7) is 0. The number of ether oxygens (including phenoxy) is 1. The van der Waals surface area contributed by atoms with E-state index in [0.717, 1.165) is 42.5 Å². The Balaban J connectivity index is 1.72. The van der Waals surface area contributed by atoms with Crippen LogP contribution in [0.5, 0.6) is 5.88 Å². The maximum atomic E-state index is 13.8. The fourth-order valence-corrected chi connectivity index (χ4v) is 4.11. The average Bonchev–Trinajstić information content (AvgIpc) is 3.27. The van der Waals surface area contributed by atoms with Gasteiger partial charge in [-0.15, -0.1) is 0 Å². The van der Waals surface area contributed by atoms with Crippen molar-refractivity contribution in [3.63, 3.8) is 0 Å². The molecule has 0 radical (unpaired) electrons. The summed E-state index contributed by atoms with van der Waals surface area (Å²) in [5.74, 6) is -1.05. The monoisotopic (exact) mass is 402 g/mol. The molecule has 5 nitrogen and oxygen atoms in total. The van der Waals surface area contributed by atoms with Crippen molar-refractivity contribution in [3.8, 4) is 5.88 Å². The van der Waals surface area contributed by atoms with E-state index in [1.807, 2.05) is 30.3 Å². The lowest BCUT2D eigenvalue weighted by atomic mass is 9.99. The van der Waals surface area contributed by atoms with Gasteiger partial charge in [0.1, 0.15) is 17.4 Å². The molecule has 30 heavy (non-hydrogen) atoms. The lowest BCUT2D eigenvalue weighted by Crippen LogP contribution is -2.38. The number of hydrogen-bond donors (Lipinski definition) is 0. The van der Waals surface area contributed by atoms with Gasteiger partial charge in [0.25, 0.3) is 11.7 Å². The number of benzene rings is 3. The number of hydrogen-bond acceptors (Lipinski definition) is 4. The summed E-state index contributed by atoms with van der Waals surface area (Å²) in [7, 11) is 0. The number of aromatic nitrogens is 2. The fourth-order valence-electron chi connectivity index (χ4n) is 4.11. The van der Waals surface area contributed by atoms with E-state index in [9.17, 15) is 14.4 Å². The van der Waals surface area contributed by atoms with Crippen molar-refractivity contribution >= 4 is 27.6 Å². The predicted molar refractivity (Wildman–Crippen MR) is 111 cm³/mol. The minimum absolute atomic E-state index is 0.00245. The summed E-state index contributed by atoms with van der Waals surface area (Å²) in [5, 5.41) is 14.9. The molecule has 0 atom stereocenters. The van der Waals surface area contributed by atoms with Crippen LogP contribution in [0.25, 0.3) is 21.8 Å². The molecular formula is C24H19FN2O3. The van der Waals surface area contributed by atoms with E-state index < -0.39 is 11.6 Å². The largest absolute Gasteiger partial charge is 0.618 e. The molecule has 0 saturated heterocycles. The van der Waals surface area contributed by atoms with Crippen LogP contribution in [0.2, 0.25) is 0 Å². The van der Waals surface area contributed by atoms with Crippen LogP contribution in [0.4, 0.5) is 4.39 Å². The molecule has 150 valence electrons. The van der Waals surface area contributed by atoms with Gasteiger partial charge in [0.2, 0.25) is 5.52 Å². The number of rotatable bonds is 4. The Morgan fingerprint density at radius 3 is 2.67 bits per heavy atom. The summed E-state index contributed by atoms with van der Waals surface area (Å²) in [6.07, 6.45) is 3.68. The van der Waals surface area contributed by atoms with E-state index >= 15 is 0 Å². The van der Waals surface area contributed by atoms with Crippen molar-refractivity contribution in [2.24, 2.45) is 0 Å². The number of carbonyl (C=O) groups is 1. The first-order chi connectivity index (χ1) is 14.6.